The number of fused-ring (bicyclic) bond motifs is 12. The molecule has 0 aliphatic heterocycles. The smallest absolute Gasteiger partial charge is 0.0970 e. The molecule has 0 atom stereocenters. The van der Waals surface area contributed by atoms with Gasteiger partial charge in [-0.3, -0.25) is 0 Å². The van der Waals surface area contributed by atoms with Gasteiger partial charge >= 0.3 is 0 Å². The molecule has 11 rings (SSSR count). The minimum absolute atomic E-state index is 0.164. The van der Waals surface area contributed by atoms with Crippen molar-refractivity contribution in [2.75, 3.05) is 0 Å². The van der Waals surface area contributed by atoms with Gasteiger partial charge in [-0.1, -0.05) is 196 Å². The highest BCUT2D eigenvalue weighted by atomic mass is 15.1. The third-order valence-electron chi connectivity index (χ3n) is 13.0. The first kappa shape index (κ1) is 33.4. The van der Waals surface area contributed by atoms with Crippen LogP contribution in [0.2, 0.25) is 0 Å². The van der Waals surface area contributed by atoms with Crippen molar-refractivity contribution in [3.05, 3.63) is 233 Å². The van der Waals surface area contributed by atoms with Crippen molar-refractivity contribution in [2.24, 2.45) is 10.2 Å². The summed E-state index contributed by atoms with van der Waals surface area (Å²) in [5.41, 5.74) is 20.5. The van der Waals surface area contributed by atoms with Gasteiger partial charge in [-0.05, 0) is 95.6 Å². The molecular formula is C55H40N2. The predicted octanol–water partition coefficient (Wildman–Crippen LogP) is 14.5. The highest BCUT2D eigenvalue weighted by molar-refractivity contribution is 6.17. The summed E-state index contributed by atoms with van der Waals surface area (Å²) >= 11 is 0. The zero-order chi connectivity index (χ0) is 38.5. The van der Waals surface area contributed by atoms with E-state index in [1.165, 1.54) is 72.1 Å². The molecule has 8 aromatic carbocycles. The van der Waals surface area contributed by atoms with E-state index in [0.29, 0.717) is 5.70 Å². The fraction of sp³-hybridized carbons (Fsp3) is 0.0909. The van der Waals surface area contributed by atoms with E-state index in [2.05, 4.69) is 203 Å². The number of hydrogen-bond donors (Lipinski definition) is 0. The fourth-order valence-corrected chi connectivity index (χ4v) is 10.5. The molecule has 270 valence electrons. The molecule has 3 aliphatic rings. The molecule has 0 radical (unpaired) electrons. The van der Waals surface area contributed by atoms with Crippen LogP contribution in [0.5, 0.6) is 0 Å². The maximum Gasteiger partial charge on any atom is 0.0970 e. The predicted molar refractivity (Wildman–Crippen MR) is 237 cm³/mol. The molecule has 2 heteroatoms. The summed E-state index contributed by atoms with van der Waals surface area (Å²) < 4.78 is 0. The number of allylic oxidation sites excluding steroid dienone is 1. The fourth-order valence-electron chi connectivity index (χ4n) is 10.5. The van der Waals surface area contributed by atoms with Gasteiger partial charge in [0.15, 0.2) is 0 Å². The summed E-state index contributed by atoms with van der Waals surface area (Å²) in [5, 5.41) is 12.7. The van der Waals surface area contributed by atoms with Gasteiger partial charge in [0.2, 0.25) is 0 Å². The maximum atomic E-state index is 5.25. The van der Waals surface area contributed by atoms with Crippen LogP contribution in [-0.2, 0) is 10.8 Å². The first-order valence-corrected chi connectivity index (χ1v) is 19.9. The van der Waals surface area contributed by atoms with Crippen LogP contribution < -0.4 is 0 Å². The maximum absolute atomic E-state index is 5.25. The summed E-state index contributed by atoms with van der Waals surface area (Å²) in [7, 11) is 0. The molecule has 0 saturated carbocycles. The number of benzene rings is 8. The van der Waals surface area contributed by atoms with Gasteiger partial charge in [0.05, 0.1) is 16.8 Å². The van der Waals surface area contributed by atoms with Crippen molar-refractivity contribution < 1.29 is 0 Å². The van der Waals surface area contributed by atoms with E-state index in [9.17, 15) is 0 Å². The zero-order valence-electron chi connectivity index (χ0n) is 32.3. The first-order valence-electron chi connectivity index (χ1n) is 19.9. The van der Waals surface area contributed by atoms with Crippen molar-refractivity contribution >= 4 is 27.7 Å². The minimum Gasteiger partial charge on any atom is -0.151 e. The second-order valence-corrected chi connectivity index (χ2v) is 16.2. The van der Waals surface area contributed by atoms with Crippen LogP contribution >= 0.6 is 0 Å². The Kier molecular flexibility index (Phi) is 7.22. The van der Waals surface area contributed by atoms with Gasteiger partial charge in [-0.15, -0.1) is 5.11 Å². The summed E-state index contributed by atoms with van der Waals surface area (Å²) in [6.45, 7) is 11.5. The van der Waals surface area contributed by atoms with Crippen LogP contribution in [0.1, 0.15) is 70.8 Å². The van der Waals surface area contributed by atoms with Gasteiger partial charge in [0, 0.05) is 16.5 Å². The normalized spacial score (nSPS) is 15.1. The van der Waals surface area contributed by atoms with Gasteiger partial charge in [-0.2, -0.15) is 5.11 Å². The van der Waals surface area contributed by atoms with Crippen molar-refractivity contribution in [2.45, 2.75) is 31.6 Å². The lowest BCUT2D eigenvalue weighted by Crippen LogP contribution is -2.40. The molecule has 0 aromatic heterocycles. The molecule has 0 heterocycles. The average Bonchev–Trinajstić information content (AvgIpc) is 3.75. The molecule has 0 unspecified atom stereocenters. The van der Waals surface area contributed by atoms with Crippen molar-refractivity contribution in [3.8, 4) is 33.4 Å². The van der Waals surface area contributed by atoms with Crippen LogP contribution in [0.15, 0.2) is 193 Å². The van der Waals surface area contributed by atoms with E-state index in [1.807, 2.05) is 0 Å². The summed E-state index contributed by atoms with van der Waals surface area (Å²) in [6.07, 6.45) is 0. The second kappa shape index (κ2) is 12.3. The summed E-state index contributed by atoms with van der Waals surface area (Å²) in [4.78, 5) is 0. The molecule has 1 spiro atoms. The van der Waals surface area contributed by atoms with Crippen LogP contribution in [0.3, 0.4) is 0 Å². The summed E-state index contributed by atoms with van der Waals surface area (Å²) in [6, 6.07) is 64.2. The average molecular weight is 729 g/mol. The van der Waals surface area contributed by atoms with Gasteiger partial charge in [0.1, 0.15) is 0 Å². The SMILES string of the molecule is C=C(N=N/C(=C(\C)c1ccccc1)c1cccc2c1-c1ccccc1C21c2ccccc2C(C)(C)c2ccccc21)c1ccc2c3c(cccc13)-c1ccccc1-2. The Bertz CT molecular complexity index is 2990. The Balaban J connectivity index is 1.14. The molecule has 0 saturated heterocycles. The third-order valence-corrected chi connectivity index (χ3v) is 13.0. The third kappa shape index (κ3) is 4.53. The molecule has 0 N–H and O–H groups in total. The Morgan fingerprint density at radius 3 is 1.65 bits per heavy atom. The Morgan fingerprint density at radius 2 is 0.965 bits per heavy atom. The standard InChI is InChI=1S/C55H40N2/c1-34(36-18-6-5-7-19-36)53(57-56-35(2)37-32-33-42-39-21-9-8-20-38(39)41-24-16-23-40(37)51(41)42)44-25-17-31-50-52(44)43-22-10-11-26-45(43)55(50)48-29-14-12-27-46(48)54(3,4)47-28-13-15-30-49(47)55/h5-33H,2H2,1,3-4H3/b53-34+,57-56?. The molecule has 2 nitrogen and oxygen atoms in total. The molecule has 0 amide bonds. The first-order chi connectivity index (χ1) is 27.9. The minimum atomic E-state index is -0.501. The molecule has 3 aliphatic carbocycles. The monoisotopic (exact) mass is 728 g/mol. The van der Waals surface area contributed by atoms with Crippen molar-refractivity contribution in [1.82, 2.24) is 0 Å². The molecular weight excluding hydrogens is 689 g/mol. The van der Waals surface area contributed by atoms with Gasteiger partial charge < -0.3 is 0 Å². The number of hydrogen-bond acceptors (Lipinski definition) is 2. The molecule has 57 heavy (non-hydrogen) atoms. The largest absolute Gasteiger partial charge is 0.151 e. The van der Waals surface area contributed by atoms with E-state index in [-0.39, 0.29) is 5.41 Å². The number of azo groups is 1. The second-order valence-electron chi connectivity index (χ2n) is 16.2. The van der Waals surface area contributed by atoms with Gasteiger partial charge in [0.25, 0.3) is 0 Å². The molecule has 8 aromatic rings. The topological polar surface area (TPSA) is 24.7 Å². The van der Waals surface area contributed by atoms with Crippen molar-refractivity contribution in [3.63, 3.8) is 0 Å². The molecule has 0 fully saturated rings. The van der Waals surface area contributed by atoms with Crippen LogP contribution in [0, 0.1) is 0 Å². The highest BCUT2D eigenvalue weighted by Gasteiger charge is 2.53. The zero-order valence-corrected chi connectivity index (χ0v) is 32.3. The van der Waals surface area contributed by atoms with E-state index < -0.39 is 5.41 Å². The highest BCUT2D eigenvalue weighted by Crippen LogP contribution is 2.63. The Morgan fingerprint density at radius 1 is 0.439 bits per heavy atom. The van der Waals surface area contributed by atoms with Crippen LogP contribution in [0.4, 0.5) is 0 Å². The summed E-state index contributed by atoms with van der Waals surface area (Å²) in [5.74, 6) is 0. The quantitative estimate of drug-likeness (QED) is 0.125. The van der Waals surface area contributed by atoms with Crippen LogP contribution in [-0.4, -0.2) is 0 Å². The van der Waals surface area contributed by atoms with Gasteiger partial charge in [-0.25, -0.2) is 0 Å². The van der Waals surface area contributed by atoms with Crippen molar-refractivity contribution in [1.29, 1.82) is 0 Å². The lowest BCUT2D eigenvalue weighted by atomic mass is 9.55. The van der Waals surface area contributed by atoms with Crippen LogP contribution in [0.25, 0.3) is 61.1 Å². The lowest BCUT2D eigenvalue weighted by molar-refractivity contribution is 0.563. The Hall–Kier alpha value is -6.90. The Labute approximate surface area is 334 Å². The van der Waals surface area contributed by atoms with E-state index in [0.717, 1.165) is 33.3 Å². The number of rotatable bonds is 5. The van der Waals surface area contributed by atoms with E-state index in [1.54, 1.807) is 0 Å². The molecule has 0 bridgehead atoms. The lowest BCUT2D eigenvalue weighted by Gasteiger charge is -2.46. The van der Waals surface area contributed by atoms with E-state index in [4.69, 9.17) is 10.2 Å². The van der Waals surface area contributed by atoms with E-state index >= 15 is 0 Å². The number of nitrogens with zero attached hydrogens (tertiary/aromatic N) is 2.